The van der Waals surface area contributed by atoms with E-state index in [-0.39, 0.29) is 5.91 Å². The predicted molar refractivity (Wildman–Crippen MR) is 124 cm³/mol. The number of anilines is 3. The monoisotopic (exact) mass is 421 g/mol. The summed E-state index contributed by atoms with van der Waals surface area (Å²) in [4.78, 5) is 25.5. The first-order valence-corrected chi connectivity index (χ1v) is 10.1. The van der Waals surface area contributed by atoms with E-state index in [1.54, 1.807) is 25.3 Å². The Morgan fingerprint density at radius 3 is 2.53 bits per heavy atom. The summed E-state index contributed by atoms with van der Waals surface area (Å²) in [6, 6.07) is 22.5. The van der Waals surface area contributed by atoms with E-state index in [9.17, 15) is 4.79 Å². The molecule has 5 aromatic rings. The number of para-hydroxylation sites is 1. The van der Waals surface area contributed by atoms with Crippen LogP contribution in [0.25, 0.3) is 22.2 Å². The van der Waals surface area contributed by atoms with E-state index in [1.165, 1.54) is 6.33 Å². The number of rotatable bonds is 5. The third-order valence-electron chi connectivity index (χ3n) is 4.98. The summed E-state index contributed by atoms with van der Waals surface area (Å²) >= 11 is 0. The number of carbonyl (C=O) groups excluding carboxylic acids is 1. The number of oxazole rings is 1. The molecule has 3 aromatic carbocycles. The quantitative estimate of drug-likeness (QED) is 0.384. The minimum absolute atomic E-state index is 0.204. The van der Waals surface area contributed by atoms with Crippen molar-refractivity contribution in [1.82, 2.24) is 15.0 Å². The summed E-state index contributed by atoms with van der Waals surface area (Å²) < 4.78 is 5.53. The number of nitrogens with one attached hydrogen (secondary N) is 2. The number of hydrogen-bond acceptors (Lipinski definition) is 6. The number of aromatic nitrogens is 3. The summed E-state index contributed by atoms with van der Waals surface area (Å²) in [5.41, 5.74) is 3.73. The SMILES string of the molecule is Cc1ncc(-c2ccc(NC(=O)c3cccc(Nc4ncnc5ccccc45)c3)cc2)o1. The molecule has 7 heteroatoms. The zero-order chi connectivity index (χ0) is 21.9. The molecule has 1 amide bonds. The van der Waals surface area contributed by atoms with Gasteiger partial charge in [-0.25, -0.2) is 15.0 Å². The molecule has 156 valence electrons. The fraction of sp³-hybridized carbons (Fsp3) is 0.0400. The summed E-state index contributed by atoms with van der Waals surface area (Å²) in [7, 11) is 0. The molecule has 7 nitrogen and oxygen atoms in total. The molecule has 0 saturated carbocycles. The summed E-state index contributed by atoms with van der Waals surface area (Å²) in [5, 5.41) is 7.12. The normalized spacial score (nSPS) is 10.8. The molecule has 0 bridgehead atoms. The number of hydrogen-bond donors (Lipinski definition) is 2. The van der Waals surface area contributed by atoms with E-state index in [4.69, 9.17) is 4.42 Å². The van der Waals surface area contributed by atoms with Crippen LogP contribution in [0.3, 0.4) is 0 Å². The lowest BCUT2D eigenvalue weighted by Crippen LogP contribution is -2.12. The first kappa shape index (κ1) is 19.4. The topological polar surface area (TPSA) is 92.9 Å². The number of fused-ring (bicyclic) bond motifs is 1. The molecule has 2 aromatic heterocycles. The van der Waals surface area contributed by atoms with E-state index < -0.39 is 0 Å². The van der Waals surface area contributed by atoms with Crippen LogP contribution in [0.15, 0.2) is 89.7 Å². The van der Waals surface area contributed by atoms with Crippen molar-refractivity contribution < 1.29 is 9.21 Å². The molecule has 2 heterocycles. The highest BCUT2D eigenvalue weighted by Gasteiger charge is 2.10. The van der Waals surface area contributed by atoms with Crippen molar-refractivity contribution >= 4 is 34.0 Å². The van der Waals surface area contributed by atoms with Crippen molar-refractivity contribution in [3.05, 3.63) is 96.8 Å². The molecular weight excluding hydrogens is 402 g/mol. The third kappa shape index (κ3) is 4.04. The van der Waals surface area contributed by atoms with Crippen LogP contribution in [0, 0.1) is 6.92 Å². The predicted octanol–water partition coefficient (Wildman–Crippen LogP) is 5.59. The number of aryl methyl sites for hydroxylation is 1. The lowest BCUT2D eigenvalue weighted by atomic mass is 10.1. The van der Waals surface area contributed by atoms with Gasteiger partial charge in [0.2, 0.25) is 0 Å². The molecule has 0 radical (unpaired) electrons. The van der Waals surface area contributed by atoms with Crippen LogP contribution in [-0.4, -0.2) is 20.9 Å². The first-order chi connectivity index (χ1) is 15.7. The maximum Gasteiger partial charge on any atom is 0.255 e. The molecule has 0 atom stereocenters. The highest BCUT2D eigenvalue weighted by Crippen LogP contribution is 2.24. The van der Waals surface area contributed by atoms with Crippen LogP contribution in [0.2, 0.25) is 0 Å². The van der Waals surface area contributed by atoms with Crippen molar-refractivity contribution in [3.63, 3.8) is 0 Å². The highest BCUT2D eigenvalue weighted by molar-refractivity contribution is 6.05. The maximum absolute atomic E-state index is 12.8. The molecular formula is C25H19N5O2. The second kappa shape index (κ2) is 8.31. The molecule has 0 aliphatic heterocycles. The molecule has 5 rings (SSSR count). The average molecular weight is 421 g/mol. The zero-order valence-corrected chi connectivity index (χ0v) is 17.2. The third-order valence-corrected chi connectivity index (χ3v) is 4.98. The fourth-order valence-electron chi connectivity index (χ4n) is 3.40. The highest BCUT2D eigenvalue weighted by atomic mass is 16.4. The Morgan fingerprint density at radius 2 is 1.72 bits per heavy atom. The van der Waals surface area contributed by atoms with Crippen molar-refractivity contribution in [2.75, 3.05) is 10.6 Å². The molecule has 0 spiro atoms. The van der Waals surface area contributed by atoms with E-state index >= 15 is 0 Å². The van der Waals surface area contributed by atoms with Gasteiger partial charge in [0, 0.05) is 34.8 Å². The standard InChI is InChI=1S/C25H19N5O2/c1-16-26-14-23(32-16)17-9-11-19(12-10-17)30-25(31)18-5-4-6-20(13-18)29-24-21-7-2-3-8-22(21)27-15-28-24/h2-15H,1H3,(H,30,31)(H,27,28,29). The van der Waals surface area contributed by atoms with Crippen LogP contribution in [0.5, 0.6) is 0 Å². The van der Waals surface area contributed by atoms with Gasteiger partial charge in [0.15, 0.2) is 11.7 Å². The van der Waals surface area contributed by atoms with Gasteiger partial charge in [-0.1, -0.05) is 18.2 Å². The Hall–Kier alpha value is -4.52. The Kier molecular flexibility index (Phi) is 5.05. The zero-order valence-electron chi connectivity index (χ0n) is 17.2. The summed E-state index contributed by atoms with van der Waals surface area (Å²) in [6.45, 7) is 1.80. The second-order valence-corrected chi connectivity index (χ2v) is 7.22. The van der Waals surface area contributed by atoms with Crippen molar-refractivity contribution in [2.45, 2.75) is 6.92 Å². The van der Waals surface area contributed by atoms with Crippen molar-refractivity contribution in [2.24, 2.45) is 0 Å². The number of benzene rings is 3. The number of carbonyl (C=O) groups is 1. The molecule has 0 aliphatic rings. The molecule has 32 heavy (non-hydrogen) atoms. The number of nitrogens with zero attached hydrogens (tertiary/aromatic N) is 3. The first-order valence-electron chi connectivity index (χ1n) is 10.1. The van der Waals surface area contributed by atoms with Crippen LogP contribution in [0.4, 0.5) is 17.2 Å². The minimum atomic E-state index is -0.204. The Morgan fingerprint density at radius 1 is 0.875 bits per heavy atom. The summed E-state index contributed by atoms with van der Waals surface area (Å²) in [5.74, 6) is 1.79. The van der Waals surface area contributed by atoms with Crippen molar-refractivity contribution in [3.8, 4) is 11.3 Å². The minimum Gasteiger partial charge on any atom is -0.441 e. The Balaban J connectivity index is 1.32. The van der Waals surface area contributed by atoms with Gasteiger partial charge in [0.25, 0.3) is 5.91 Å². The molecule has 0 unspecified atom stereocenters. The van der Waals surface area contributed by atoms with Gasteiger partial charge in [0.1, 0.15) is 12.1 Å². The smallest absolute Gasteiger partial charge is 0.255 e. The van der Waals surface area contributed by atoms with Gasteiger partial charge in [-0.05, 0) is 54.6 Å². The maximum atomic E-state index is 12.8. The van der Waals surface area contributed by atoms with Crippen LogP contribution >= 0.6 is 0 Å². The van der Waals surface area contributed by atoms with Crippen molar-refractivity contribution in [1.29, 1.82) is 0 Å². The number of amides is 1. The van der Waals surface area contributed by atoms with Gasteiger partial charge in [-0.3, -0.25) is 4.79 Å². The molecule has 0 fully saturated rings. The van der Waals surface area contributed by atoms with Crippen LogP contribution < -0.4 is 10.6 Å². The van der Waals surface area contributed by atoms with Gasteiger partial charge < -0.3 is 15.1 Å². The molecule has 0 aliphatic carbocycles. The fourth-order valence-corrected chi connectivity index (χ4v) is 3.40. The average Bonchev–Trinajstić information content (AvgIpc) is 3.26. The lowest BCUT2D eigenvalue weighted by Gasteiger charge is -2.10. The van der Waals surface area contributed by atoms with Crippen LogP contribution in [-0.2, 0) is 0 Å². The molecule has 2 N–H and O–H groups in total. The van der Waals surface area contributed by atoms with Gasteiger partial charge in [0.05, 0.1) is 11.7 Å². The van der Waals surface area contributed by atoms with Gasteiger partial charge >= 0.3 is 0 Å². The second-order valence-electron chi connectivity index (χ2n) is 7.22. The van der Waals surface area contributed by atoms with Gasteiger partial charge in [-0.2, -0.15) is 0 Å². The Bertz CT molecular complexity index is 1400. The Labute approximate surface area is 184 Å². The van der Waals surface area contributed by atoms with E-state index in [2.05, 4.69) is 25.6 Å². The van der Waals surface area contributed by atoms with E-state index in [0.29, 0.717) is 28.7 Å². The lowest BCUT2D eigenvalue weighted by molar-refractivity contribution is 0.102. The van der Waals surface area contributed by atoms with E-state index in [0.717, 1.165) is 22.2 Å². The van der Waals surface area contributed by atoms with E-state index in [1.807, 2.05) is 60.7 Å². The molecule has 0 saturated heterocycles. The van der Waals surface area contributed by atoms with Gasteiger partial charge in [-0.15, -0.1) is 0 Å². The summed E-state index contributed by atoms with van der Waals surface area (Å²) in [6.07, 6.45) is 3.20. The largest absolute Gasteiger partial charge is 0.441 e. The van der Waals surface area contributed by atoms with Crippen LogP contribution in [0.1, 0.15) is 16.2 Å².